The van der Waals surface area contributed by atoms with E-state index in [-0.39, 0.29) is 5.25 Å². The van der Waals surface area contributed by atoms with Crippen molar-refractivity contribution in [1.82, 2.24) is 0 Å². The van der Waals surface area contributed by atoms with E-state index in [2.05, 4.69) is 20.7 Å². The molecule has 0 saturated carbocycles. The van der Waals surface area contributed by atoms with Gasteiger partial charge in [-0.2, -0.15) is 0 Å². The molecular formula is C13H18BrNO3S. The number of benzene rings is 1. The van der Waals surface area contributed by atoms with Gasteiger partial charge in [-0.15, -0.1) is 0 Å². The number of hydrogen-bond acceptors (Lipinski definition) is 3. The molecule has 0 atom stereocenters. The van der Waals surface area contributed by atoms with Crippen LogP contribution < -0.4 is 4.72 Å². The third kappa shape index (κ3) is 3.70. The Balaban J connectivity index is 2.19. The predicted molar refractivity (Wildman–Crippen MR) is 79.9 cm³/mol. The number of nitrogens with one attached hydrogen (secondary N) is 1. The summed E-state index contributed by atoms with van der Waals surface area (Å²) in [4.78, 5) is 0. The van der Waals surface area contributed by atoms with E-state index in [0.29, 0.717) is 31.7 Å². The van der Waals surface area contributed by atoms with Crippen molar-refractivity contribution < 1.29 is 13.2 Å². The molecule has 1 fully saturated rings. The van der Waals surface area contributed by atoms with Crippen LogP contribution in [0.2, 0.25) is 0 Å². The molecule has 19 heavy (non-hydrogen) atoms. The molecule has 1 aromatic carbocycles. The molecule has 0 spiro atoms. The number of sulfonamides is 1. The van der Waals surface area contributed by atoms with Gasteiger partial charge in [0.1, 0.15) is 0 Å². The van der Waals surface area contributed by atoms with E-state index in [0.717, 1.165) is 16.5 Å². The highest BCUT2D eigenvalue weighted by Crippen LogP contribution is 2.25. The Labute approximate surface area is 122 Å². The monoisotopic (exact) mass is 347 g/mol. The van der Waals surface area contributed by atoms with Crippen LogP contribution in [0.5, 0.6) is 0 Å². The minimum absolute atomic E-state index is 0.352. The molecule has 1 aliphatic heterocycles. The van der Waals surface area contributed by atoms with Crippen LogP contribution in [0.3, 0.4) is 0 Å². The quantitative estimate of drug-likeness (QED) is 0.910. The summed E-state index contributed by atoms with van der Waals surface area (Å²) in [6.07, 6.45) is 1.91. The summed E-state index contributed by atoms with van der Waals surface area (Å²) in [5, 5.41) is -0.352. The van der Waals surface area contributed by atoms with Crippen molar-refractivity contribution in [3.63, 3.8) is 0 Å². The Bertz CT molecular complexity index is 539. The fraction of sp³-hybridized carbons (Fsp3) is 0.538. The van der Waals surface area contributed by atoms with Gasteiger partial charge in [0.2, 0.25) is 10.0 Å². The molecule has 106 valence electrons. The number of halogens is 1. The van der Waals surface area contributed by atoms with Gasteiger partial charge in [-0.1, -0.05) is 22.9 Å². The number of hydrogen-bond donors (Lipinski definition) is 1. The Morgan fingerprint density at radius 2 is 2.05 bits per heavy atom. The largest absolute Gasteiger partial charge is 0.381 e. The van der Waals surface area contributed by atoms with Gasteiger partial charge in [-0.25, -0.2) is 8.42 Å². The average Bonchev–Trinajstić information content (AvgIpc) is 2.41. The minimum Gasteiger partial charge on any atom is -0.381 e. The van der Waals surface area contributed by atoms with Gasteiger partial charge < -0.3 is 4.74 Å². The molecular weight excluding hydrogens is 330 g/mol. The summed E-state index contributed by atoms with van der Waals surface area (Å²) in [6.45, 7) is 3.05. The van der Waals surface area contributed by atoms with E-state index in [9.17, 15) is 8.42 Å². The van der Waals surface area contributed by atoms with Gasteiger partial charge in [0.25, 0.3) is 0 Å². The molecule has 0 amide bonds. The Morgan fingerprint density at radius 1 is 1.37 bits per heavy atom. The Morgan fingerprint density at radius 3 is 2.68 bits per heavy atom. The summed E-state index contributed by atoms with van der Waals surface area (Å²) in [5.41, 5.74) is 1.67. The molecule has 2 rings (SSSR count). The van der Waals surface area contributed by atoms with E-state index in [1.807, 2.05) is 19.1 Å². The summed E-state index contributed by atoms with van der Waals surface area (Å²) in [6, 6.07) is 5.60. The third-order valence-electron chi connectivity index (χ3n) is 3.31. The first-order chi connectivity index (χ1) is 9.03. The van der Waals surface area contributed by atoms with Crippen LogP contribution in [0, 0.1) is 0 Å². The molecule has 0 radical (unpaired) electrons. The fourth-order valence-corrected chi connectivity index (χ4v) is 4.07. The Kier molecular flexibility index (Phi) is 4.86. The lowest BCUT2D eigenvalue weighted by molar-refractivity contribution is 0.0984. The van der Waals surface area contributed by atoms with E-state index >= 15 is 0 Å². The van der Waals surface area contributed by atoms with Crippen LogP contribution in [0.4, 0.5) is 5.69 Å². The molecule has 6 heteroatoms. The van der Waals surface area contributed by atoms with E-state index < -0.39 is 10.0 Å². The second-order valence-corrected chi connectivity index (χ2v) is 7.49. The maximum Gasteiger partial charge on any atom is 0.235 e. The molecule has 0 aliphatic carbocycles. The van der Waals surface area contributed by atoms with Crippen LogP contribution in [0.15, 0.2) is 22.7 Å². The second kappa shape index (κ2) is 6.24. The van der Waals surface area contributed by atoms with Crippen molar-refractivity contribution in [2.45, 2.75) is 31.4 Å². The van der Waals surface area contributed by atoms with Gasteiger partial charge in [-0.3, -0.25) is 4.72 Å². The van der Waals surface area contributed by atoms with Crippen LogP contribution >= 0.6 is 15.9 Å². The second-order valence-electron chi connectivity index (χ2n) is 4.61. The lowest BCUT2D eigenvalue weighted by atomic mass is 10.1. The Hall–Kier alpha value is -0.590. The highest BCUT2D eigenvalue weighted by molar-refractivity contribution is 9.10. The van der Waals surface area contributed by atoms with Crippen molar-refractivity contribution in [3.8, 4) is 0 Å². The van der Waals surface area contributed by atoms with Gasteiger partial charge in [-0.05, 0) is 43.0 Å². The summed E-state index contributed by atoms with van der Waals surface area (Å²) in [7, 11) is -3.33. The van der Waals surface area contributed by atoms with E-state index in [4.69, 9.17) is 4.74 Å². The normalized spacial score (nSPS) is 17.4. The first-order valence-electron chi connectivity index (χ1n) is 6.40. The maximum atomic E-state index is 12.3. The minimum atomic E-state index is -3.33. The zero-order chi connectivity index (χ0) is 13.9. The maximum absolute atomic E-state index is 12.3. The van der Waals surface area contributed by atoms with Gasteiger partial charge in [0, 0.05) is 17.7 Å². The highest BCUT2D eigenvalue weighted by atomic mass is 79.9. The first kappa shape index (κ1) is 14.8. The molecule has 0 unspecified atom stereocenters. The van der Waals surface area contributed by atoms with Gasteiger partial charge >= 0.3 is 0 Å². The predicted octanol–water partition coefficient (Wildman–Crippen LogP) is 2.93. The molecule has 0 aromatic heterocycles. The number of aryl methyl sites for hydroxylation is 1. The van der Waals surface area contributed by atoms with Crippen molar-refractivity contribution >= 4 is 31.6 Å². The molecule has 1 saturated heterocycles. The molecule has 1 heterocycles. The standard InChI is InChI=1S/C13H18BrNO3S/c1-2-10-9-11(14)3-4-13(10)15-19(16,17)12-5-7-18-8-6-12/h3-4,9,12,15H,2,5-8H2,1H3. The smallest absolute Gasteiger partial charge is 0.235 e. The zero-order valence-electron chi connectivity index (χ0n) is 10.9. The SMILES string of the molecule is CCc1cc(Br)ccc1NS(=O)(=O)C1CCOCC1. The summed E-state index contributed by atoms with van der Waals surface area (Å²) < 4.78 is 33.6. The number of anilines is 1. The first-order valence-corrected chi connectivity index (χ1v) is 8.74. The lowest BCUT2D eigenvalue weighted by Crippen LogP contribution is -2.33. The summed E-state index contributed by atoms with van der Waals surface area (Å²) >= 11 is 3.40. The number of rotatable bonds is 4. The topological polar surface area (TPSA) is 55.4 Å². The van der Waals surface area contributed by atoms with Crippen LogP contribution in [0.1, 0.15) is 25.3 Å². The molecule has 4 nitrogen and oxygen atoms in total. The molecule has 1 aliphatic rings. The molecule has 1 N–H and O–H groups in total. The van der Waals surface area contributed by atoms with Crippen LogP contribution in [0.25, 0.3) is 0 Å². The van der Waals surface area contributed by atoms with Crippen molar-refractivity contribution in [3.05, 3.63) is 28.2 Å². The average molecular weight is 348 g/mol. The van der Waals surface area contributed by atoms with Crippen molar-refractivity contribution in [2.24, 2.45) is 0 Å². The fourth-order valence-electron chi connectivity index (χ4n) is 2.18. The summed E-state index contributed by atoms with van der Waals surface area (Å²) in [5.74, 6) is 0. The zero-order valence-corrected chi connectivity index (χ0v) is 13.3. The van der Waals surface area contributed by atoms with Gasteiger partial charge in [0.05, 0.1) is 10.9 Å². The van der Waals surface area contributed by atoms with Crippen LogP contribution in [-0.4, -0.2) is 26.9 Å². The molecule has 0 bridgehead atoms. The van der Waals surface area contributed by atoms with Gasteiger partial charge in [0.15, 0.2) is 0 Å². The number of ether oxygens (including phenoxy) is 1. The van der Waals surface area contributed by atoms with E-state index in [1.165, 1.54) is 0 Å². The highest BCUT2D eigenvalue weighted by Gasteiger charge is 2.28. The van der Waals surface area contributed by atoms with Crippen molar-refractivity contribution in [2.75, 3.05) is 17.9 Å². The van der Waals surface area contributed by atoms with E-state index in [1.54, 1.807) is 6.07 Å². The third-order valence-corrected chi connectivity index (χ3v) is 5.65. The van der Waals surface area contributed by atoms with Crippen molar-refractivity contribution in [1.29, 1.82) is 0 Å². The lowest BCUT2D eigenvalue weighted by Gasteiger charge is -2.23. The van der Waals surface area contributed by atoms with Crippen LogP contribution in [-0.2, 0) is 21.2 Å². The molecule has 1 aromatic rings.